The van der Waals surface area contributed by atoms with E-state index in [1.165, 1.54) is 7.05 Å². The third-order valence-corrected chi connectivity index (χ3v) is 2.64. The summed E-state index contributed by atoms with van der Waals surface area (Å²) in [5.74, 6) is -4.39. The smallest absolute Gasteiger partial charge is 0.341 e. The van der Waals surface area contributed by atoms with E-state index in [2.05, 4.69) is 15.0 Å². The average molecular weight is 270 g/mol. The highest BCUT2D eigenvalue weighted by Gasteiger charge is 2.21. The number of nitrogens with one attached hydrogen (secondary N) is 1. The first kappa shape index (κ1) is 13.1. The lowest BCUT2D eigenvalue weighted by Crippen LogP contribution is -2.08. The second-order valence-electron chi connectivity index (χ2n) is 3.67. The summed E-state index contributed by atoms with van der Waals surface area (Å²) < 4.78 is 45.0. The van der Waals surface area contributed by atoms with Gasteiger partial charge in [0.2, 0.25) is 0 Å². The molecule has 100 valence electrons. The molecule has 0 atom stereocenters. The quantitative estimate of drug-likeness (QED) is 0.673. The molecule has 0 unspecified atom stereocenters. The number of esters is 1. The van der Waals surface area contributed by atoms with Crippen LogP contribution in [0.5, 0.6) is 0 Å². The number of anilines is 1. The van der Waals surface area contributed by atoms with Crippen molar-refractivity contribution in [2.75, 3.05) is 19.5 Å². The van der Waals surface area contributed by atoms with E-state index in [1.54, 1.807) is 0 Å². The van der Waals surface area contributed by atoms with Gasteiger partial charge in [-0.15, -0.1) is 0 Å². The zero-order valence-corrected chi connectivity index (χ0v) is 10.1. The Balaban J connectivity index is 2.91. The summed E-state index contributed by atoms with van der Waals surface area (Å²) >= 11 is 0. The van der Waals surface area contributed by atoms with Gasteiger partial charge in [-0.05, 0) is 0 Å². The van der Waals surface area contributed by atoms with Crippen LogP contribution >= 0.6 is 0 Å². The molecule has 1 heterocycles. The van der Waals surface area contributed by atoms with Crippen LogP contribution in [0.3, 0.4) is 0 Å². The van der Waals surface area contributed by atoms with Crippen LogP contribution < -0.4 is 5.32 Å². The van der Waals surface area contributed by atoms with E-state index in [9.17, 15) is 18.0 Å². The third kappa shape index (κ3) is 1.96. The van der Waals surface area contributed by atoms with Crippen LogP contribution in [0.2, 0.25) is 0 Å². The standard InChI is InChI=1S/C12H9F3N2O2/c1-16-10-5(12(18)19-2)4-17-11-8(10)6(13)3-7(14)9(11)15/h3-4H,1-2H3,(H,16,17). The number of pyridine rings is 1. The van der Waals surface area contributed by atoms with Crippen molar-refractivity contribution < 1.29 is 22.7 Å². The summed E-state index contributed by atoms with van der Waals surface area (Å²) in [6.45, 7) is 0. The minimum absolute atomic E-state index is 0.00625. The van der Waals surface area contributed by atoms with Gasteiger partial charge in [0.05, 0.1) is 18.2 Å². The van der Waals surface area contributed by atoms with Gasteiger partial charge in [0.15, 0.2) is 11.6 Å². The summed E-state index contributed by atoms with van der Waals surface area (Å²) in [5.41, 5.74) is -0.565. The fourth-order valence-electron chi connectivity index (χ4n) is 1.79. The zero-order chi connectivity index (χ0) is 14.2. The maximum atomic E-state index is 13.8. The molecule has 0 aliphatic carbocycles. The van der Waals surface area contributed by atoms with Crippen molar-refractivity contribution in [1.29, 1.82) is 0 Å². The SMILES string of the molecule is CNc1c(C(=O)OC)cnc2c(F)c(F)cc(F)c12. The second kappa shape index (κ2) is 4.75. The molecule has 2 rings (SSSR count). The van der Waals surface area contributed by atoms with Crippen molar-refractivity contribution in [3.05, 3.63) is 35.3 Å². The minimum atomic E-state index is -1.34. The minimum Gasteiger partial charge on any atom is -0.465 e. The fourth-order valence-corrected chi connectivity index (χ4v) is 1.79. The molecular weight excluding hydrogens is 261 g/mol. The van der Waals surface area contributed by atoms with E-state index in [1.807, 2.05) is 0 Å². The molecule has 0 aliphatic heterocycles. The first-order chi connectivity index (χ1) is 9.01. The number of fused-ring (bicyclic) bond motifs is 1. The zero-order valence-electron chi connectivity index (χ0n) is 10.1. The predicted octanol–water partition coefficient (Wildman–Crippen LogP) is 2.48. The lowest BCUT2D eigenvalue weighted by atomic mass is 10.1. The highest BCUT2D eigenvalue weighted by Crippen LogP contribution is 2.31. The fraction of sp³-hybridized carbons (Fsp3) is 0.167. The molecular formula is C12H9F3N2O2. The van der Waals surface area contributed by atoms with Crippen LogP contribution in [0, 0.1) is 17.5 Å². The molecule has 0 aliphatic rings. The molecule has 0 spiro atoms. The van der Waals surface area contributed by atoms with Gasteiger partial charge in [-0.2, -0.15) is 0 Å². The van der Waals surface area contributed by atoms with Crippen molar-refractivity contribution in [3.63, 3.8) is 0 Å². The first-order valence-corrected chi connectivity index (χ1v) is 5.23. The van der Waals surface area contributed by atoms with Crippen LogP contribution in [0.15, 0.2) is 12.3 Å². The topological polar surface area (TPSA) is 51.2 Å². The normalized spacial score (nSPS) is 10.6. The number of aromatic nitrogens is 1. The Morgan fingerprint density at radius 1 is 1.32 bits per heavy atom. The van der Waals surface area contributed by atoms with Crippen molar-refractivity contribution >= 4 is 22.6 Å². The second-order valence-corrected chi connectivity index (χ2v) is 3.67. The number of carbonyl (C=O) groups excluding carboxylic acids is 1. The van der Waals surface area contributed by atoms with Crippen LogP contribution in [-0.2, 0) is 4.74 Å². The van der Waals surface area contributed by atoms with E-state index >= 15 is 0 Å². The van der Waals surface area contributed by atoms with Gasteiger partial charge in [0.1, 0.15) is 16.9 Å². The molecule has 19 heavy (non-hydrogen) atoms. The van der Waals surface area contributed by atoms with Crippen LogP contribution in [0.25, 0.3) is 10.9 Å². The number of benzene rings is 1. The van der Waals surface area contributed by atoms with Crippen molar-refractivity contribution in [2.24, 2.45) is 0 Å². The number of nitrogens with zero attached hydrogens (tertiary/aromatic N) is 1. The summed E-state index contributed by atoms with van der Waals surface area (Å²) in [6.07, 6.45) is 1.00. The molecule has 0 saturated heterocycles. The number of halogens is 3. The van der Waals surface area contributed by atoms with Gasteiger partial charge < -0.3 is 10.1 Å². The van der Waals surface area contributed by atoms with Gasteiger partial charge >= 0.3 is 5.97 Å². The van der Waals surface area contributed by atoms with Crippen LogP contribution in [-0.4, -0.2) is 25.1 Å². The molecule has 0 bridgehead atoms. The molecule has 0 radical (unpaired) electrons. The van der Waals surface area contributed by atoms with E-state index in [-0.39, 0.29) is 16.6 Å². The number of carbonyl (C=O) groups is 1. The van der Waals surface area contributed by atoms with Crippen LogP contribution in [0.1, 0.15) is 10.4 Å². The monoisotopic (exact) mass is 270 g/mol. The molecule has 0 saturated carbocycles. The Kier molecular flexibility index (Phi) is 3.28. The maximum absolute atomic E-state index is 13.8. The number of rotatable bonds is 2. The van der Waals surface area contributed by atoms with E-state index in [4.69, 9.17) is 0 Å². The summed E-state index contributed by atoms with van der Waals surface area (Å²) in [4.78, 5) is 15.1. The van der Waals surface area contributed by atoms with E-state index in [0.29, 0.717) is 6.07 Å². The summed E-state index contributed by atoms with van der Waals surface area (Å²) in [7, 11) is 2.56. The molecule has 1 aromatic carbocycles. The Morgan fingerprint density at radius 3 is 2.58 bits per heavy atom. The Bertz CT molecular complexity index is 674. The highest BCUT2D eigenvalue weighted by molar-refractivity contribution is 6.05. The highest BCUT2D eigenvalue weighted by atomic mass is 19.2. The molecule has 0 amide bonds. The van der Waals surface area contributed by atoms with Crippen LogP contribution in [0.4, 0.5) is 18.9 Å². The van der Waals surface area contributed by atoms with Gasteiger partial charge in [-0.3, -0.25) is 4.98 Å². The van der Waals surface area contributed by atoms with Gasteiger partial charge in [0, 0.05) is 19.3 Å². The number of hydrogen-bond acceptors (Lipinski definition) is 4. The lowest BCUT2D eigenvalue weighted by molar-refractivity contribution is 0.0601. The van der Waals surface area contributed by atoms with E-state index < -0.39 is 28.9 Å². The number of hydrogen-bond donors (Lipinski definition) is 1. The molecule has 7 heteroatoms. The van der Waals surface area contributed by atoms with Crippen molar-refractivity contribution in [3.8, 4) is 0 Å². The third-order valence-electron chi connectivity index (χ3n) is 2.64. The average Bonchev–Trinajstić information content (AvgIpc) is 2.42. The largest absolute Gasteiger partial charge is 0.465 e. The maximum Gasteiger partial charge on any atom is 0.341 e. The van der Waals surface area contributed by atoms with Gasteiger partial charge in [0.25, 0.3) is 0 Å². The molecule has 0 fully saturated rings. The number of methoxy groups -OCH3 is 1. The molecule has 2 aromatic rings. The van der Waals surface area contributed by atoms with Gasteiger partial charge in [-0.1, -0.05) is 0 Å². The van der Waals surface area contributed by atoms with Crippen molar-refractivity contribution in [2.45, 2.75) is 0 Å². The summed E-state index contributed by atoms with van der Waals surface area (Å²) in [5, 5.41) is 2.27. The predicted molar refractivity (Wildman–Crippen MR) is 62.5 cm³/mol. The van der Waals surface area contributed by atoms with E-state index in [0.717, 1.165) is 13.3 Å². The first-order valence-electron chi connectivity index (χ1n) is 5.23. The summed E-state index contributed by atoms with van der Waals surface area (Å²) in [6, 6.07) is 0.404. The molecule has 1 aromatic heterocycles. The molecule has 1 N–H and O–H groups in total. The lowest BCUT2D eigenvalue weighted by Gasteiger charge is -2.11. The Morgan fingerprint density at radius 2 is 2.00 bits per heavy atom. The molecule has 4 nitrogen and oxygen atoms in total. The van der Waals surface area contributed by atoms with Crippen molar-refractivity contribution in [1.82, 2.24) is 4.98 Å². The van der Waals surface area contributed by atoms with Gasteiger partial charge in [-0.25, -0.2) is 18.0 Å². The number of ether oxygens (including phenoxy) is 1. The Labute approximate surface area is 106 Å². The Hall–Kier alpha value is -2.31.